The lowest BCUT2D eigenvalue weighted by molar-refractivity contribution is -0.117. The highest BCUT2D eigenvalue weighted by atomic mass is 35.5. The van der Waals surface area contributed by atoms with Crippen molar-refractivity contribution in [3.63, 3.8) is 0 Å². The Kier molecular flexibility index (Phi) is 13.1. The minimum atomic E-state index is -3.59. The first kappa shape index (κ1) is 38.9. The quantitative estimate of drug-likeness (QED) is 0.0778. The fourth-order valence-electron chi connectivity index (χ4n) is 7.85. The van der Waals surface area contributed by atoms with Crippen LogP contribution in [0.1, 0.15) is 124 Å². The van der Waals surface area contributed by atoms with Gasteiger partial charge in [-0.15, -0.1) is 0 Å². The smallest absolute Gasteiger partial charge is 0.177 e. The number of ketones is 2. The minimum Gasteiger partial charge on any atom is -0.373 e. The molecule has 0 spiro atoms. The van der Waals surface area contributed by atoms with E-state index in [-0.39, 0.29) is 35.2 Å². The Bertz CT molecular complexity index is 1820. The summed E-state index contributed by atoms with van der Waals surface area (Å²) in [5, 5.41) is 5.36. The summed E-state index contributed by atoms with van der Waals surface area (Å²) in [6.45, 7) is 2.57. The Morgan fingerprint density at radius 1 is 0.962 bits per heavy atom. The molecule has 12 heteroatoms. The number of piperidine rings is 1. The molecule has 52 heavy (non-hydrogen) atoms. The predicted molar refractivity (Wildman–Crippen MR) is 203 cm³/mol. The molecule has 2 saturated carbocycles. The molecule has 6 rings (SSSR count). The number of benzene rings is 2. The Labute approximate surface area is 316 Å². The molecular weight excluding hydrogens is 726 g/mol. The van der Waals surface area contributed by atoms with Crippen LogP contribution in [0.15, 0.2) is 40.9 Å². The van der Waals surface area contributed by atoms with Gasteiger partial charge in [0.2, 0.25) is 0 Å². The molecule has 1 aromatic heterocycles. The van der Waals surface area contributed by atoms with E-state index in [0.29, 0.717) is 58.9 Å². The molecule has 3 aromatic rings. The maximum absolute atomic E-state index is 15.5. The molecule has 0 amide bonds. The van der Waals surface area contributed by atoms with Gasteiger partial charge in [0, 0.05) is 47.5 Å². The minimum absolute atomic E-state index is 0.0127. The largest absolute Gasteiger partial charge is 0.373 e. The number of unbranched alkanes of at least 4 members (excludes halogenated alkanes) is 8. The zero-order valence-electron chi connectivity index (χ0n) is 29.9. The van der Waals surface area contributed by atoms with Gasteiger partial charge in [0.25, 0.3) is 0 Å². The van der Waals surface area contributed by atoms with Crippen molar-refractivity contribution in [2.75, 3.05) is 23.0 Å². The highest BCUT2D eigenvalue weighted by molar-refractivity contribution is 7.92. The van der Waals surface area contributed by atoms with Crippen molar-refractivity contribution in [3.05, 3.63) is 69.1 Å². The topological polar surface area (TPSA) is 107 Å². The standard InChI is InChI=1S/C40H49Cl2FN2O6S/c1-26(46)12-9-7-5-3-2-4-6-8-10-19-52(48,49)25-36(47)28-17-18-35(34(43)21-28)45-23-29-20-30(45)22-37(29)50-24-31-39(44-51-40(31)27-15-16-27)38-32(41)13-11-14-33(38)42/h11,13-14,17-18,21,27,29-30,37H,2-10,12,15-16,19-20,22-25H2,1H3/t29-,30-,37+/m0/s1. The molecule has 1 saturated heterocycles. The molecule has 8 nitrogen and oxygen atoms in total. The average Bonchev–Trinajstić information content (AvgIpc) is 3.55. The summed E-state index contributed by atoms with van der Waals surface area (Å²) in [6, 6.07) is 9.77. The van der Waals surface area contributed by atoms with Crippen LogP contribution in [0.4, 0.5) is 10.1 Å². The third-order valence-electron chi connectivity index (χ3n) is 10.8. The molecular formula is C40H49Cl2FN2O6S. The number of hydrogen-bond acceptors (Lipinski definition) is 8. The summed E-state index contributed by atoms with van der Waals surface area (Å²) in [6.07, 6.45) is 13.0. The number of carbonyl (C=O) groups excluding carboxylic acids is 2. The summed E-state index contributed by atoms with van der Waals surface area (Å²) in [4.78, 5) is 25.9. The van der Waals surface area contributed by atoms with Gasteiger partial charge in [0.05, 0.1) is 34.2 Å². The van der Waals surface area contributed by atoms with Crippen LogP contribution in [-0.2, 0) is 26.0 Å². The van der Waals surface area contributed by atoms with Gasteiger partial charge < -0.3 is 19.0 Å². The highest BCUT2D eigenvalue weighted by Gasteiger charge is 2.46. The lowest BCUT2D eigenvalue weighted by Crippen LogP contribution is -2.39. The van der Waals surface area contributed by atoms with Gasteiger partial charge in [-0.05, 0) is 75.8 Å². The average molecular weight is 776 g/mol. The SMILES string of the molecule is CC(=O)CCCCCCCCCCCS(=O)(=O)CC(=O)c1ccc(N2C[C@@H]3C[C@H]2C[C@H]3OCc2c(-c3c(Cl)cccc3Cl)noc2C2CC2)c(F)c1. The zero-order valence-corrected chi connectivity index (χ0v) is 32.2. The maximum Gasteiger partial charge on any atom is 0.177 e. The lowest BCUT2D eigenvalue weighted by atomic mass is 10.0. The van der Waals surface area contributed by atoms with Gasteiger partial charge in [0.15, 0.2) is 15.6 Å². The van der Waals surface area contributed by atoms with Crippen LogP contribution >= 0.6 is 23.2 Å². The molecule has 2 aromatic carbocycles. The fraction of sp³-hybridized carbons (Fsp3) is 0.575. The van der Waals surface area contributed by atoms with Crippen molar-refractivity contribution in [1.29, 1.82) is 0 Å². The molecule has 0 radical (unpaired) electrons. The van der Waals surface area contributed by atoms with Crippen molar-refractivity contribution in [2.45, 2.75) is 121 Å². The number of anilines is 1. The predicted octanol–water partition coefficient (Wildman–Crippen LogP) is 9.94. The Morgan fingerprint density at radius 2 is 1.63 bits per heavy atom. The number of aromatic nitrogens is 1. The van der Waals surface area contributed by atoms with Crippen molar-refractivity contribution in [3.8, 4) is 11.3 Å². The second-order valence-corrected chi connectivity index (χ2v) is 17.9. The van der Waals surface area contributed by atoms with E-state index >= 15 is 4.39 Å². The third kappa shape index (κ3) is 9.84. The van der Waals surface area contributed by atoms with Crippen LogP contribution in [0.3, 0.4) is 0 Å². The molecule has 0 unspecified atom stereocenters. The van der Waals surface area contributed by atoms with E-state index in [1.54, 1.807) is 37.3 Å². The lowest BCUT2D eigenvalue weighted by Gasteiger charge is -2.33. The van der Waals surface area contributed by atoms with Crippen LogP contribution in [0.5, 0.6) is 0 Å². The van der Waals surface area contributed by atoms with E-state index in [1.165, 1.54) is 6.07 Å². The first-order valence-corrected chi connectivity index (χ1v) is 21.4. The summed E-state index contributed by atoms with van der Waals surface area (Å²) in [5.41, 5.74) is 2.64. The Balaban J connectivity index is 0.954. The number of hydrogen-bond donors (Lipinski definition) is 0. The van der Waals surface area contributed by atoms with Crippen LogP contribution in [0, 0.1) is 11.7 Å². The Morgan fingerprint density at radius 3 is 2.25 bits per heavy atom. The van der Waals surface area contributed by atoms with E-state index in [2.05, 4.69) is 5.16 Å². The van der Waals surface area contributed by atoms with Gasteiger partial charge in [-0.25, -0.2) is 12.8 Å². The van der Waals surface area contributed by atoms with E-state index in [9.17, 15) is 18.0 Å². The molecule has 2 bridgehead atoms. The molecule has 1 aliphatic heterocycles. The van der Waals surface area contributed by atoms with Gasteiger partial charge in [0.1, 0.15) is 28.8 Å². The fourth-order valence-corrected chi connectivity index (χ4v) is 9.78. The van der Waals surface area contributed by atoms with Gasteiger partial charge in [-0.1, -0.05) is 79.4 Å². The van der Waals surface area contributed by atoms with E-state index in [0.717, 1.165) is 88.4 Å². The van der Waals surface area contributed by atoms with Crippen LogP contribution in [0.25, 0.3) is 11.3 Å². The molecule has 0 N–H and O–H groups in total. The molecule has 3 fully saturated rings. The number of carbonyl (C=O) groups is 2. The van der Waals surface area contributed by atoms with Crippen molar-refractivity contribution >= 4 is 50.3 Å². The molecule has 2 aliphatic carbocycles. The number of nitrogens with zero attached hydrogens (tertiary/aromatic N) is 2. The monoisotopic (exact) mass is 774 g/mol. The normalized spacial score (nSPS) is 19.8. The van der Waals surface area contributed by atoms with Gasteiger partial charge in [-0.3, -0.25) is 4.79 Å². The number of halogens is 3. The summed E-state index contributed by atoms with van der Waals surface area (Å²) >= 11 is 13.0. The number of ether oxygens (including phenoxy) is 1. The second-order valence-electron chi connectivity index (χ2n) is 14.9. The van der Waals surface area contributed by atoms with Crippen molar-refractivity contribution in [2.24, 2.45) is 5.92 Å². The molecule has 3 aliphatic rings. The molecule has 2 heterocycles. The molecule has 3 atom stereocenters. The van der Waals surface area contributed by atoms with Gasteiger partial charge in [-0.2, -0.15) is 0 Å². The third-order valence-corrected chi connectivity index (χ3v) is 13.0. The van der Waals surface area contributed by atoms with Crippen LogP contribution in [-0.4, -0.2) is 55.3 Å². The number of Topliss-reactive ketones (excluding diaryl/α,β-unsaturated/α-hetero) is 2. The summed E-state index contributed by atoms with van der Waals surface area (Å²) in [5.74, 6) is -0.159. The van der Waals surface area contributed by atoms with E-state index in [1.807, 2.05) is 4.90 Å². The maximum atomic E-state index is 15.5. The highest BCUT2D eigenvalue weighted by Crippen LogP contribution is 2.47. The van der Waals surface area contributed by atoms with Crippen molar-refractivity contribution < 1.29 is 31.7 Å². The van der Waals surface area contributed by atoms with Gasteiger partial charge >= 0.3 is 0 Å². The van der Waals surface area contributed by atoms with Crippen molar-refractivity contribution in [1.82, 2.24) is 5.16 Å². The first-order valence-electron chi connectivity index (χ1n) is 18.8. The summed E-state index contributed by atoms with van der Waals surface area (Å²) in [7, 11) is -3.59. The first-order chi connectivity index (χ1) is 25.0. The van der Waals surface area contributed by atoms with Crippen LogP contribution < -0.4 is 4.90 Å². The van der Waals surface area contributed by atoms with Crippen LogP contribution in [0.2, 0.25) is 10.0 Å². The number of rotatable bonds is 21. The molecule has 282 valence electrons. The summed E-state index contributed by atoms with van der Waals surface area (Å²) < 4.78 is 53.2. The number of fused-ring (bicyclic) bond motifs is 2. The van der Waals surface area contributed by atoms with E-state index in [4.69, 9.17) is 32.5 Å². The second kappa shape index (κ2) is 17.6. The Hall–Kier alpha value is -2.79. The van der Waals surface area contributed by atoms with E-state index < -0.39 is 27.2 Å². The zero-order chi connectivity index (χ0) is 36.8. The number of sulfone groups is 1.